The Balaban J connectivity index is 1.33. The van der Waals surface area contributed by atoms with E-state index in [9.17, 15) is 4.79 Å². The number of hydrogen-bond acceptors (Lipinski definition) is 3. The van der Waals surface area contributed by atoms with Crippen LogP contribution in [0.3, 0.4) is 0 Å². The van der Waals surface area contributed by atoms with Crippen LogP contribution in [-0.4, -0.2) is 12.6 Å². The van der Waals surface area contributed by atoms with E-state index in [2.05, 4.69) is 17.2 Å². The standard InChI is InChI=1S/C24H19NO3/c26-24(27-17-18-9-2-1-3-10-18)25-16-7-6-11-19-12-8-14-21-20-13-4-5-15-22(20)28-23(19)21/h1-5,8-10,12-15H,7,16-17H2,(H,25,26). The number of para-hydroxylation sites is 2. The van der Waals surface area contributed by atoms with Gasteiger partial charge in [-0.2, -0.15) is 0 Å². The van der Waals surface area contributed by atoms with Gasteiger partial charge in [0.2, 0.25) is 0 Å². The number of furan rings is 1. The molecule has 4 nitrogen and oxygen atoms in total. The molecule has 0 aliphatic carbocycles. The molecule has 0 spiro atoms. The molecule has 138 valence electrons. The highest BCUT2D eigenvalue weighted by Crippen LogP contribution is 2.30. The summed E-state index contributed by atoms with van der Waals surface area (Å²) in [6, 6.07) is 23.5. The van der Waals surface area contributed by atoms with Crippen molar-refractivity contribution in [2.24, 2.45) is 0 Å². The van der Waals surface area contributed by atoms with Gasteiger partial charge >= 0.3 is 6.09 Å². The molecule has 1 N–H and O–H groups in total. The van der Waals surface area contributed by atoms with Gasteiger partial charge in [-0.05, 0) is 17.7 Å². The Morgan fingerprint density at radius 1 is 0.929 bits per heavy atom. The second-order valence-electron chi connectivity index (χ2n) is 6.32. The van der Waals surface area contributed by atoms with Crippen LogP contribution < -0.4 is 5.32 Å². The van der Waals surface area contributed by atoms with E-state index in [4.69, 9.17) is 9.15 Å². The summed E-state index contributed by atoms with van der Waals surface area (Å²) in [4.78, 5) is 11.7. The molecule has 28 heavy (non-hydrogen) atoms. The van der Waals surface area contributed by atoms with Gasteiger partial charge in [0, 0.05) is 23.7 Å². The average Bonchev–Trinajstić information content (AvgIpc) is 3.12. The van der Waals surface area contributed by atoms with Gasteiger partial charge in [0.1, 0.15) is 12.2 Å². The molecule has 4 aromatic rings. The molecular weight excluding hydrogens is 350 g/mol. The molecule has 0 bridgehead atoms. The first-order chi connectivity index (χ1) is 13.8. The number of fused-ring (bicyclic) bond motifs is 3. The van der Waals surface area contributed by atoms with Gasteiger partial charge in [-0.25, -0.2) is 4.79 Å². The van der Waals surface area contributed by atoms with Crippen molar-refractivity contribution < 1.29 is 13.9 Å². The average molecular weight is 369 g/mol. The van der Waals surface area contributed by atoms with Crippen molar-refractivity contribution in [1.29, 1.82) is 0 Å². The Hall–Kier alpha value is -3.71. The number of ether oxygens (including phenoxy) is 1. The SMILES string of the molecule is O=C(NCCC#Cc1cccc2c1oc1ccccc12)OCc1ccccc1. The van der Waals surface area contributed by atoms with Crippen molar-refractivity contribution in [1.82, 2.24) is 5.32 Å². The molecule has 0 saturated carbocycles. The third kappa shape index (κ3) is 3.99. The molecule has 1 amide bonds. The number of hydrogen-bond donors (Lipinski definition) is 1. The van der Waals surface area contributed by atoms with E-state index in [1.54, 1.807) is 0 Å². The fourth-order valence-corrected chi connectivity index (χ4v) is 3.00. The summed E-state index contributed by atoms with van der Waals surface area (Å²) in [5.74, 6) is 6.23. The second-order valence-corrected chi connectivity index (χ2v) is 6.32. The summed E-state index contributed by atoms with van der Waals surface area (Å²) in [6.07, 6.45) is 0.0851. The minimum absolute atomic E-state index is 0.256. The van der Waals surface area contributed by atoms with E-state index in [1.807, 2.05) is 72.8 Å². The minimum atomic E-state index is -0.440. The van der Waals surface area contributed by atoms with Crippen LogP contribution in [-0.2, 0) is 11.3 Å². The predicted molar refractivity (Wildman–Crippen MR) is 110 cm³/mol. The Morgan fingerprint density at radius 2 is 1.71 bits per heavy atom. The fraction of sp³-hybridized carbons (Fsp3) is 0.125. The maximum absolute atomic E-state index is 11.7. The van der Waals surface area contributed by atoms with Gasteiger partial charge in [-0.15, -0.1) is 0 Å². The highest BCUT2D eigenvalue weighted by molar-refractivity contribution is 6.06. The number of carbonyl (C=O) groups is 1. The summed E-state index contributed by atoms with van der Waals surface area (Å²) >= 11 is 0. The summed E-state index contributed by atoms with van der Waals surface area (Å²) in [6.45, 7) is 0.684. The van der Waals surface area contributed by atoms with Crippen LogP contribution >= 0.6 is 0 Å². The van der Waals surface area contributed by atoms with Gasteiger partial charge in [0.15, 0.2) is 5.58 Å². The third-order valence-electron chi connectivity index (χ3n) is 4.36. The number of alkyl carbamates (subject to hydrolysis) is 1. The van der Waals surface area contributed by atoms with Crippen LogP contribution in [0.25, 0.3) is 21.9 Å². The highest BCUT2D eigenvalue weighted by Gasteiger charge is 2.08. The zero-order valence-electron chi connectivity index (χ0n) is 15.3. The highest BCUT2D eigenvalue weighted by atomic mass is 16.5. The van der Waals surface area contributed by atoms with Gasteiger partial charge in [0.25, 0.3) is 0 Å². The van der Waals surface area contributed by atoms with Crippen molar-refractivity contribution in [3.63, 3.8) is 0 Å². The smallest absolute Gasteiger partial charge is 0.407 e. The van der Waals surface area contributed by atoms with E-state index >= 15 is 0 Å². The van der Waals surface area contributed by atoms with Gasteiger partial charge in [-0.1, -0.05) is 72.5 Å². The van der Waals surface area contributed by atoms with Crippen LogP contribution in [0.1, 0.15) is 17.5 Å². The molecule has 0 saturated heterocycles. The van der Waals surface area contributed by atoms with Crippen LogP contribution in [0, 0.1) is 11.8 Å². The summed E-state index contributed by atoms with van der Waals surface area (Å²) in [7, 11) is 0. The van der Waals surface area contributed by atoms with Crippen LogP contribution in [0.2, 0.25) is 0 Å². The van der Waals surface area contributed by atoms with Crippen molar-refractivity contribution in [3.05, 3.63) is 83.9 Å². The summed E-state index contributed by atoms with van der Waals surface area (Å²) < 4.78 is 11.1. The van der Waals surface area contributed by atoms with E-state index in [0.717, 1.165) is 33.1 Å². The van der Waals surface area contributed by atoms with E-state index in [-0.39, 0.29) is 6.61 Å². The number of carbonyl (C=O) groups excluding carboxylic acids is 1. The molecule has 0 aliphatic rings. The number of rotatable bonds is 4. The molecule has 0 aliphatic heterocycles. The number of nitrogens with one attached hydrogen (secondary N) is 1. The number of benzene rings is 3. The molecular formula is C24H19NO3. The molecule has 4 rings (SSSR count). The van der Waals surface area contributed by atoms with E-state index < -0.39 is 6.09 Å². The van der Waals surface area contributed by atoms with Crippen LogP contribution in [0.5, 0.6) is 0 Å². The quantitative estimate of drug-likeness (QED) is 0.395. The molecule has 1 heterocycles. The molecule has 4 heteroatoms. The van der Waals surface area contributed by atoms with E-state index in [1.165, 1.54) is 0 Å². The van der Waals surface area contributed by atoms with Crippen LogP contribution in [0.15, 0.2) is 77.2 Å². The van der Waals surface area contributed by atoms with Gasteiger partial charge in [-0.3, -0.25) is 0 Å². The van der Waals surface area contributed by atoms with E-state index in [0.29, 0.717) is 13.0 Å². The maximum Gasteiger partial charge on any atom is 0.407 e. The Labute approximate surface area is 163 Å². The first kappa shape index (κ1) is 17.7. The minimum Gasteiger partial charge on any atom is -0.455 e. The predicted octanol–water partition coefficient (Wildman–Crippen LogP) is 5.25. The molecule has 0 unspecified atom stereocenters. The third-order valence-corrected chi connectivity index (χ3v) is 4.36. The molecule has 0 atom stereocenters. The lowest BCUT2D eigenvalue weighted by Crippen LogP contribution is -2.24. The summed E-state index contributed by atoms with van der Waals surface area (Å²) in [5, 5.41) is 4.86. The molecule has 0 fully saturated rings. The Morgan fingerprint density at radius 3 is 2.61 bits per heavy atom. The fourth-order valence-electron chi connectivity index (χ4n) is 3.00. The lowest BCUT2D eigenvalue weighted by molar-refractivity contribution is 0.140. The van der Waals surface area contributed by atoms with Crippen molar-refractivity contribution in [3.8, 4) is 11.8 Å². The zero-order valence-corrected chi connectivity index (χ0v) is 15.3. The number of amides is 1. The Kier molecular flexibility index (Phi) is 5.26. The molecule has 1 aromatic heterocycles. The normalized spacial score (nSPS) is 10.4. The van der Waals surface area contributed by atoms with Crippen molar-refractivity contribution in [2.75, 3.05) is 6.54 Å². The zero-order chi connectivity index (χ0) is 19.2. The second kappa shape index (κ2) is 8.32. The first-order valence-electron chi connectivity index (χ1n) is 9.15. The maximum atomic E-state index is 11.7. The first-order valence-corrected chi connectivity index (χ1v) is 9.15. The van der Waals surface area contributed by atoms with Crippen molar-refractivity contribution >= 4 is 28.0 Å². The Bertz CT molecular complexity index is 1170. The summed E-state index contributed by atoms with van der Waals surface area (Å²) in [5.41, 5.74) is 3.46. The van der Waals surface area contributed by atoms with Crippen LogP contribution in [0.4, 0.5) is 4.79 Å². The molecule has 3 aromatic carbocycles. The largest absolute Gasteiger partial charge is 0.455 e. The van der Waals surface area contributed by atoms with Gasteiger partial charge in [0.05, 0.1) is 5.56 Å². The van der Waals surface area contributed by atoms with Crippen molar-refractivity contribution in [2.45, 2.75) is 13.0 Å². The topological polar surface area (TPSA) is 51.5 Å². The lowest BCUT2D eigenvalue weighted by Gasteiger charge is -2.05. The monoisotopic (exact) mass is 369 g/mol. The van der Waals surface area contributed by atoms with Gasteiger partial charge < -0.3 is 14.5 Å². The molecule has 0 radical (unpaired) electrons. The lowest BCUT2D eigenvalue weighted by atomic mass is 10.1.